The Kier molecular flexibility index (Phi) is 7.99. The molecule has 2 aromatic carbocycles. The monoisotopic (exact) mass is 488 g/mol. The predicted octanol–water partition coefficient (Wildman–Crippen LogP) is 1.73. The number of hydrogen-bond donors (Lipinski definition) is 3. The Labute approximate surface area is 190 Å². The number of carbonyl (C=O) groups is 2. The van der Waals surface area contributed by atoms with E-state index in [1.165, 1.54) is 12.1 Å². The first-order valence-electron chi connectivity index (χ1n) is 9.93. The van der Waals surface area contributed by atoms with Gasteiger partial charge in [-0.25, -0.2) is 8.78 Å². The SMILES string of the molecule is O=C(COc1ccc2c(c1)OC(F)(F)O2)NCC[C@H](O)CNC(=O)COc1ccc(F)c(F)c1. The van der Waals surface area contributed by atoms with Crippen LogP contribution in [0.2, 0.25) is 0 Å². The third kappa shape index (κ3) is 7.40. The van der Waals surface area contributed by atoms with Crippen molar-refractivity contribution in [3.05, 3.63) is 48.0 Å². The van der Waals surface area contributed by atoms with Gasteiger partial charge >= 0.3 is 6.29 Å². The summed E-state index contributed by atoms with van der Waals surface area (Å²) in [7, 11) is 0. The molecule has 0 saturated heterocycles. The highest BCUT2D eigenvalue weighted by Gasteiger charge is 2.43. The van der Waals surface area contributed by atoms with E-state index < -0.39 is 49.1 Å². The maximum absolute atomic E-state index is 13.1. The van der Waals surface area contributed by atoms with E-state index in [1.807, 2.05) is 0 Å². The standard InChI is InChI=1S/C21H20F4N2O7/c22-15-3-1-13(7-16(15)23)31-11-20(30)27-9-12(28)5-6-26-19(29)10-32-14-2-4-17-18(8-14)34-21(24,25)33-17/h1-4,7-8,12,28H,5-6,9-11H2,(H,26,29)(H,27,30)/t12-/m0/s1. The number of halogens is 4. The Morgan fingerprint density at radius 3 is 2.24 bits per heavy atom. The fourth-order valence-electron chi connectivity index (χ4n) is 2.70. The zero-order valence-corrected chi connectivity index (χ0v) is 17.5. The van der Waals surface area contributed by atoms with E-state index in [2.05, 4.69) is 20.1 Å². The van der Waals surface area contributed by atoms with Crippen LogP contribution in [0, 0.1) is 11.6 Å². The third-order valence-corrected chi connectivity index (χ3v) is 4.34. The molecule has 184 valence electrons. The van der Waals surface area contributed by atoms with E-state index in [9.17, 15) is 32.3 Å². The summed E-state index contributed by atoms with van der Waals surface area (Å²) in [6.07, 6.45) is -4.63. The number of benzene rings is 2. The van der Waals surface area contributed by atoms with Crippen LogP contribution in [0.5, 0.6) is 23.0 Å². The number of alkyl halides is 2. The van der Waals surface area contributed by atoms with Gasteiger partial charge in [-0.1, -0.05) is 0 Å². The highest BCUT2D eigenvalue weighted by molar-refractivity contribution is 5.78. The molecule has 0 bridgehead atoms. The van der Waals surface area contributed by atoms with Gasteiger partial charge in [-0.2, -0.15) is 0 Å². The number of hydrogen-bond acceptors (Lipinski definition) is 7. The lowest BCUT2D eigenvalue weighted by molar-refractivity contribution is -0.286. The fourth-order valence-corrected chi connectivity index (χ4v) is 2.70. The lowest BCUT2D eigenvalue weighted by atomic mass is 10.2. The molecule has 0 aromatic heterocycles. The zero-order valence-electron chi connectivity index (χ0n) is 17.5. The van der Waals surface area contributed by atoms with Crippen molar-refractivity contribution in [1.29, 1.82) is 0 Å². The molecule has 2 aromatic rings. The molecule has 1 aliphatic heterocycles. The summed E-state index contributed by atoms with van der Waals surface area (Å²) in [6, 6.07) is 6.54. The fraction of sp³-hybridized carbons (Fsp3) is 0.333. The molecule has 1 heterocycles. The van der Waals surface area contributed by atoms with E-state index in [4.69, 9.17) is 9.47 Å². The molecule has 2 amide bonds. The Bertz CT molecular complexity index is 1040. The smallest absolute Gasteiger partial charge is 0.484 e. The van der Waals surface area contributed by atoms with E-state index >= 15 is 0 Å². The first kappa shape index (κ1) is 24.9. The topological polar surface area (TPSA) is 115 Å². The molecule has 9 nitrogen and oxygen atoms in total. The van der Waals surface area contributed by atoms with Crippen molar-refractivity contribution in [2.24, 2.45) is 0 Å². The lowest BCUT2D eigenvalue weighted by Crippen LogP contribution is -2.37. The summed E-state index contributed by atoms with van der Waals surface area (Å²) in [4.78, 5) is 23.6. The number of amides is 2. The van der Waals surface area contributed by atoms with Crippen LogP contribution >= 0.6 is 0 Å². The maximum Gasteiger partial charge on any atom is 0.586 e. The Morgan fingerprint density at radius 1 is 0.912 bits per heavy atom. The summed E-state index contributed by atoms with van der Waals surface area (Å²) < 4.78 is 70.7. The van der Waals surface area contributed by atoms with Crippen molar-refractivity contribution in [1.82, 2.24) is 10.6 Å². The molecule has 3 N–H and O–H groups in total. The molecule has 1 aliphatic rings. The summed E-state index contributed by atoms with van der Waals surface area (Å²) in [5.74, 6) is -3.56. The molecule has 0 saturated carbocycles. The van der Waals surface area contributed by atoms with Gasteiger partial charge in [0.1, 0.15) is 11.5 Å². The number of aliphatic hydroxyl groups is 1. The second-order valence-electron chi connectivity index (χ2n) is 7.03. The molecule has 3 rings (SSSR count). The summed E-state index contributed by atoms with van der Waals surface area (Å²) in [5, 5.41) is 14.8. The number of fused-ring (bicyclic) bond motifs is 1. The van der Waals surface area contributed by atoms with E-state index in [0.29, 0.717) is 0 Å². The molecule has 0 fully saturated rings. The number of nitrogens with one attached hydrogen (secondary N) is 2. The normalized spacial score (nSPS) is 14.3. The molecule has 34 heavy (non-hydrogen) atoms. The summed E-state index contributed by atoms with van der Waals surface area (Å²) in [6.45, 7) is -0.945. The minimum absolute atomic E-state index is 0.0294. The van der Waals surface area contributed by atoms with Gasteiger partial charge in [-0.05, 0) is 30.7 Å². The second-order valence-corrected chi connectivity index (χ2v) is 7.03. The molecule has 13 heteroatoms. The van der Waals surface area contributed by atoms with E-state index in [1.54, 1.807) is 0 Å². The van der Waals surface area contributed by atoms with Crippen molar-refractivity contribution < 1.29 is 51.2 Å². The van der Waals surface area contributed by atoms with Crippen LogP contribution in [-0.4, -0.2) is 55.6 Å². The first-order chi connectivity index (χ1) is 16.1. The second kappa shape index (κ2) is 10.9. The van der Waals surface area contributed by atoms with Gasteiger partial charge in [0.2, 0.25) is 0 Å². The van der Waals surface area contributed by atoms with Crippen molar-refractivity contribution in [3.63, 3.8) is 0 Å². The number of aliphatic hydroxyl groups excluding tert-OH is 1. The molecule has 0 aliphatic carbocycles. The quantitative estimate of drug-likeness (QED) is 0.413. The highest BCUT2D eigenvalue weighted by atomic mass is 19.3. The van der Waals surface area contributed by atoms with Gasteiger partial charge in [-0.3, -0.25) is 9.59 Å². The van der Waals surface area contributed by atoms with Crippen molar-refractivity contribution in [3.8, 4) is 23.0 Å². The number of carbonyl (C=O) groups excluding carboxylic acids is 2. The van der Waals surface area contributed by atoms with Crippen molar-refractivity contribution in [2.45, 2.75) is 18.8 Å². The molecule has 0 radical (unpaired) electrons. The Morgan fingerprint density at radius 2 is 1.53 bits per heavy atom. The third-order valence-electron chi connectivity index (χ3n) is 4.34. The van der Waals surface area contributed by atoms with Gasteiger partial charge in [0.25, 0.3) is 11.8 Å². The van der Waals surface area contributed by atoms with E-state index in [-0.39, 0.29) is 42.5 Å². The number of ether oxygens (including phenoxy) is 4. The van der Waals surface area contributed by atoms with Crippen LogP contribution in [0.1, 0.15) is 6.42 Å². The van der Waals surface area contributed by atoms with Gasteiger partial charge < -0.3 is 34.7 Å². The molecule has 0 unspecified atom stereocenters. The van der Waals surface area contributed by atoms with Crippen LogP contribution in [0.15, 0.2) is 36.4 Å². The average molecular weight is 488 g/mol. The summed E-state index contributed by atoms with van der Waals surface area (Å²) in [5.41, 5.74) is 0. The zero-order chi connectivity index (χ0) is 24.7. The van der Waals surface area contributed by atoms with E-state index in [0.717, 1.165) is 24.3 Å². The van der Waals surface area contributed by atoms with Crippen LogP contribution in [-0.2, 0) is 9.59 Å². The minimum Gasteiger partial charge on any atom is -0.484 e. The average Bonchev–Trinajstić information content (AvgIpc) is 3.10. The van der Waals surface area contributed by atoms with Gasteiger partial charge in [0.05, 0.1) is 6.10 Å². The minimum atomic E-state index is -3.76. The molecular formula is C21H20F4N2O7. The predicted molar refractivity (Wildman–Crippen MR) is 107 cm³/mol. The van der Waals surface area contributed by atoms with Gasteiger partial charge in [0.15, 0.2) is 36.3 Å². The van der Waals surface area contributed by atoms with Crippen molar-refractivity contribution in [2.75, 3.05) is 26.3 Å². The van der Waals surface area contributed by atoms with Gasteiger partial charge in [0, 0.05) is 25.2 Å². The Balaban J connectivity index is 1.27. The molecule has 1 atom stereocenters. The van der Waals surface area contributed by atoms with Crippen molar-refractivity contribution >= 4 is 11.8 Å². The summed E-state index contributed by atoms with van der Waals surface area (Å²) >= 11 is 0. The molecular weight excluding hydrogens is 468 g/mol. The van der Waals surface area contributed by atoms with Crippen LogP contribution in [0.25, 0.3) is 0 Å². The molecule has 0 spiro atoms. The highest BCUT2D eigenvalue weighted by Crippen LogP contribution is 2.42. The first-order valence-corrected chi connectivity index (χ1v) is 9.93. The van der Waals surface area contributed by atoms with Crippen LogP contribution in [0.4, 0.5) is 17.6 Å². The van der Waals surface area contributed by atoms with Gasteiger partial charge in [-0.15, -0.1) is 8.78 Å². The van der Waals surface area contributed by atoms with Crippen LogP contribution in [0.3, 0.4) is 0 Å². The lowest BCUT2D eigenvalue weighted by Gasteiger charge is -2.13. The maximum atomic E-state index is 13.1. The largest absolute Gasteiger partial charge is 0.586 e. The Hall–Kier alpha value is -3.74. The number of rotatable bonds is 11. The van der Waals surface area contributed by atoms with Crippen LogP contribution < -0.4 is 29.6 Å².